The molecule has 3 rings (SSSR count). The molecule has 1 aromatic heterocycles. The van der Waals surface area contributed by atoms with Gasteiger partial charge in [0.1, 0.15) is 5.82 Å². The predicted octanol–water partition coefficient (Wildman–Crippen LogP) is 0.957. The fourth-order valence-corrected chi connectivity index (χ4v) is 3.61. The van der Waals surface area contributed by atoms with Crippen molar-refractivity contribution in [2.75, 3.05) is 70.5 Å². The Hall–Kier alpha value is -1.24. The fraction of sp³-hybridized carbons (Fsp3) is 0.765. The quantitative estimate of drug-likeness (QED) is 0.805. The highest BCUT2D eigenvalue weighted by atomic mass is 16.5. The van der Waals surface area contributed by atoms with Crippen molar-refractivity contribution in [3.05, 3.63) is 18.6 Å². The van der Waals surface area contributed by atoms with E-state index >= 15 is 0 Å². The minimum absolute atomic E-state index is 0.312. The molecule has 2 fully saturated rings. The predicted molar refractivity (Wildman–Crippen MR) is 91.7 cm³/mol. The summed E-state index contributed by atoms with van der Waals surface area (Å²) in [6, 6.07) is 0. The fourth-order valence-electron chi connectivity index (χ4n) is 3.61. The van der Waals surface area contributed by atoms with Gasteiger partial charge in [-0.25, -0.2) is 4.98 Å². The minimum Gasteiger partial charge on any atom is -0.379 e. The molecule has 0 unspecified atom stereocenters. The van der Waals surface area contributed by atoms with Gasteiger partial charge in [0.25, 0.3) is 0 Å². The van der Waals surface area contributed by atoms with E-state index in [2.05, 4.69) is 38.5 Å². The lowest BCUT2D eigenvalue weighted by molar-refractivity contribution is 0.0147. The third kappa shape index (κ3) is 4.86. The molecule has 0 N–H and O–H groups in total. The third-order valence-corrected chi connectivity index (χ3v) is 4.65. The maximum Gasteiger partial charge on any atom is 0.147 e. The van der Waals surface area contributed by atoms with E-state index in [1.165, 1.54) is 0 Å². The molecule has 0 atom stereocenters. The third-order valence-electron chi connectivity index (χ3n) is 4.65. The number of piperazine rings is 1. The molecule has 3 heterocycles. The molecule has 1 aromatic rings. The molecular formula is C17H29N5O. The Balaban J connectivity index is 1.46. The van der Waals surface area contributed by atoms with E-state index in [0.717, 1.165) is 71.4 Å². The van der Waals surface area contributed by atoms with Crippen LogP contribution < -0.4 is 4.90 Å². The van der Waals surface area contributed by atoms with Crippen molar-refractivity contribution >= 4 is 5.82 Å². The number of aromatic nitrogens is 2. The van der Waals surface area contributed by atoms with Crippen LogP contribution in [0.25, 0.3) is 0 Å². The molecule has 2 aliphatic heterocycles. The summed E-state index contributed by atoms with van der Waals surface area (Å²) in [4.78, 5) is 16.0. The van der Waals surface area contributed by atoms with Crippen LogP contribution >= 0.6 is 0 Å². The molecular weight excluding hydrogens is 290 g/mol. The Bertz CT molecular complexity index is 467. The Morgan fingerprint density at radius 2 is 1.61 bits per heavy atom. The maximum absolute atomic E-state index is 5.45. The molecule has 2 aliphatic rings. The van der Waals surface area contributed by atoms with Crippen molar-refractivity contribution in [2.24, 2.45) is 5.41 Å². The van der Waals surface area contributed by atoms with Crippen molar-refractivity contribution in [2.45, 2.75) is 13.8 Å². The summed E-state index contributed by atoms with van der Waals surface area (Å²) < 4.78 is 5.45. The first-order valence-electron chi connectivity index (χ1n) is 8.66. The van der Waals surface area contributed by atoms with Crippen LogP contribution in [0.4, 0.5) is 5.82 Å². The van der Waals surface area contributed by atoms with E-state index in [-0.39, 0.29) is 0 Å². The van der Waals surface area contributed by atoms with Gasteiger partial charge in [-0.3, -0.25) is 14.8 Å². The van der Waals surface area contributed by atoms with E-state index in [4.69, 9.17) is 4.74 Å². The first-order valence-corrected chi connectivity index (χ1v) is 8.66. The lowest BCUT2D eigenvalue weighted by atomic mass is 9.91. The van der Waals surface area contributed by atoms with Gasteiger partial charge in [-0.05, 0) is 5.41 Å². The van der Waals surface area contributed by atoms with Gasteiger partial charge in [-0.15, -0.1) is 0 Å². The van der Waals surface area contributed by atoms with Crippen LogP contribution in [0, 0.1) is 5.41 Å². The zero-order valence-electron chi connectivity index (χ0n) is 14.4. The summed E-state index contributed by atoms with van der Waals surface area (Å²) in [5.41, 5.74) is 0.312. The smallest absolute Gasteiger partial charge is 0.147 e. The Morgan fingerprint density at radius 3 is 2.22 bits per heavy atom. The average molecular weight is 319 g/mol. The van der Waals surface area contributed by atoms with Gasteiger partial charge >= 0.3 is 0 Å². The largest absolute Gasteiger partial charge is 0.379 e. The summed E-state index contributed by atoms with van der Waals surface area (Å²) in [6.07, 6.45) is 5.36. The molecule has 0 saturated carbocycles. The standard InChI is InChI=1S/C17H29N5O/c1-17(2,15-21-9-11-23-12-10-21)14-20-5-7-22(8-6-20)16-13-18-3-4-19-16/h3-4,13H,5-12,14-15H2,1-2H3. The second-order valence-electron chi connectivity index (χ2n) is 7.38. The van der Waals surface area contributed by atoms with Gasteiger partial charge in [0, 0.05) is 64.8 Å². The van der Waals surface area contributed by atoms with Crippen LogP contribution in [0.5, 0.6) is 0 Å². The van der Waals surface area contributed by atoms with Crippen LogP contribution in [0.1, 0.15) is 13.8 Å². The van der Waals surface area contributed by atoms with Crippen molar-refractivity contribution in [1.29, 1.82) is 0 Å². The lowest BCUT2D eigenvalue weighted by Crippen LogP contribution is -2.51. The van der Waals surface area contributed by atoms with Gasteiger partial charge in [0.15, 0.2) is 0 Å². The van der Waals surface area contributed by atoms with Crippen LogP contribution in [0.3, 0.4) is 0 Å². The number of nitrogens with zero attached hydrogens (tertiary/aromatic N) is 5. The van der Waals surface area contributed by atoms with Gasteiger partial charge < -0.3 is 9.64 Å². The number of anilines is 1. The highest BCUT2D eigenvalue weighted by Gasteiger charge is 2.27. The number of hydrogen-bond donors (Lipinski definition) is 0. The van der Waals surface area contributed by atoms with E-state index in [1.807, 2.05) is 6.20 Å². The Kier molecular flexibility index (Phi) is 5.46. The molecule has 23 heavy (non-hydrogen) atoms. The van der Waals surface area contributed by atoms with Gasteiger partial charge in [-0.1, -0.05) is 13.8 Å². The molecule has 6 heteroatoms. The summed E-state index contributed by atoms with van der Waals surface area (Å²) >= 11 is 0. The highest BCUT2D eigenvalue weighted by Crippen LogP contribution is 2.21. The topological polar surface area (TPSA) is 44.7 Å². The molecule has 128 valence electrons. The normalized spacial score (nSPS) is 21.6. The van der Waals surface area contributed by atoms with Gasteiger partial charge in [0.2, 0.25) is 0 Å². The van der Waals surface area contributed by atoms with Crippen LogP contribution in [-0.4, -0.2) is 85.3 Å². The highest BCUT2D eigenvalue weighted by molar-refractivity contribution is 5.35. The first-order chi connectivity index (χ1) is 11.1. The molecule has 0 radical (unpaired) electrons. The number of rotatable bonds is 5. The van der Waals surface area contributed by atoms with E-state index in [0.29, 0.717) is 5.41 Å². The number of morpholine rings is 1. The second kappa shape index (κ2) is 7.55. The van der Waals surface area contributed by atoms with Crippen LogP contribution in [0.15, 0.2) is 18.6 Å². The van der Waals surface area contributed by atoms with Crippen LogP contribution in [-0.2, 0) is 4.74 Å². The Morgan fingerprint density at radius 1 is 0.957 bits per heavy atom. The zero-order valence-corrected chi connectivity index (χ0v) is 14.4. The maximum atomic E-state index is 5.45. The van der Waals surface area contributed by atoms with E-state index in [9.17, 15) is 0 Å². The summed E-state index contributed by atoms with van der Waals surface area (Å²) in [7, 11) is 0. The lowest BCUT2D eigenvalue weighted by Gasteiger charge is -2.41. The van der Waals surface area contributed by atoms with Crippen molar-refractivity contribution in [3.63, 3.8) is 0 Å². The van der Waals surface area contributed by atoms with E-state index < -0.39 is 0 Å². The molecule has 6 nitrogen and oxygen atoms in total. The van der Waals surface area contributed by atoms with Crippen LogP contribution in [0.2, 0.25) is 0 Å². The molecule has 0 amide bonds. The second-order valence-corrected chi connectivity index (χ2v) is 7.38. The summed E-state index contributed by atoms with van der Waals surface area (Å²) in [5, 5.41) is 0. The zero-order chi connectivity index (χ0) is 16.1. The Labute approximate surface area is 139 Å². The first kappa shape index (κ1) is 16.6. The monoisotopic (exact) mass is 319 g/mol. The van der Waals surface area contributed by atoms with Crippen molar-refractivity contribution < 1.29 is 4.74 Å². The molecule has 0 aromatic carbocycles. The molecule has 0 aliphatic carbocycles. The average Bonchev–Trinajstić information content (AvgIpc) is 2.56. The van der Waals surface area contributed by atoms with E-state index in [1.54, 1.807) is 12.4 Å². The minimum atomic E-state index is 0.312. The molecule has 2 saturated heterocycles. The summed E-state index contributed by atoms with van der Waals surface area (Å²) in [6.45, 7) is 15.3. The number of hydrogen-bond acceptors (Lipinski definition) is 6. The number of ether oxygens (including phenoxy) is 1. The van der Waals surface area contributed by atoms with Crippen molar-refractivity contribution in [1.82, 2.24) is 19.8 Å². The van der Waals surface area contributed by atoms with Crippen molar-refractivity contribution in [3.8, 4) is 0 Å². The van der Waals surface area contributed by atoms with Gasteiger partial charge in [-0.2, -0.15) is 0 Å². The van der Waals surface area contributed by atoms with Gasteiger partial charge in [0.05, 0.1) is 19.4 Å². The summed E-state index contributed by atoms with van der Waals surface area (Å²) in [5.74, 6) is 1.000. The SMILES string of the molecule is CC(C)(CN1CCOCC1)CN1CCN(c2cnccn2)CC1. The molecule has 0 bridgehead atoms. The molecule has 0 spiro atoms.